The zero-order chi connectivity index (χ0) is 12.3. The Morgan fingerprint density at radius 2 is 2.24 bits per heavy atom. The summed E-state index contributed by atoms with van der Waals surface area (Å²) < 4.78 is 11.4. The van der Waals surface area contributed by atoms with Crippen LogP contribution in [0.5, 0.6) is 5.75 Å². The van der Waals surface area contributed by atoms with E-state index in [1.807, 2.05) is 30.3 Å². The van der Waals surface area contributed by atoms with Gasteiger partial charge in [-0.25, -0.2) is 0 Å². The molecule has 0 spiro atoms. The van der Waals surface area contributed by atoms with Crippen molar-refractivity contribution in [2.45, 2.75) is 12.5 Å². The fraction of sp³-hybridized carbons (Fsp3) is 0.231. The highest BCUT2D eigenvalue weighted by molar-refractivity contribution is 9.10. The molecule has 4 heteroatoms. The number of benzene rings is 1. The predicted molar refractivity (Wildman–Crippen MR) is 70.0 cm³/mol. The second kappa shape index (κ2) is 5.38. The molecule has 1 heterocycles. The zero-order valence-corrected chi connectivity index (χ0v) is 11.1. The molecule has 0 fully saturated rings. The van der Waals surface area contributed by atoms with Crippen LogP contribution < -0.4 is 10.5 Å². The molecule has 1 aromatic carbocycles. The van der Waals surface area contributed by atoms with Gasteiger partial charge in [0, 0.05) is 0 Å². The summed E-state index contributed by atoms with van der Waals surface area (Å²) >= 11 is 3.41. The summed E-state index contributed by atoms with van der Waals surface area (Å²) in [5, 5.41) is 0. The highest BCUT2D eigenvalue weighted by Crippen LogP contribution is 2.26. The molecule has 0 radical (unpaired) electrons. The van der Waals surface area contributed by atoms with E-state index in [-0.39, 0.29) is 6.04 Å². The number of hydrogen-bond acceptors (Lipinski definition) is 3. The van der Waals surface area contributed by atoms with E-state index in [4.69, 9.17) is 14.9 Å². The van der Waals surface area contributed by atoms with Gasteiger partial charge in [0.25, 0.3) is 0 Å². The molecule has 90 valence electrons. The lowest BCUT2D eigenvalue weighted by molar-refractivity contribution is 0.413. The quantitative estimate of drug-likeness (QED) is 0.941. The van der Waals surface area contributed by atoms with Crippen molar-refractivity contribution in [3.05, 3.63) is 52.4 Å². The minimum Gasteiger partial charge on any atom is -0.497 e. The van der Waals surface area contributed by atoms with Crippen molar-refractivity contribution < 1.29 is 9.15 Å². The van der Waals surface area contributed by atoms with Gasteiger partial charge in [0.15, 0.2) is 0 Å². The Kier molecular flexibility index (Phi) is 3.86. The summed E-state index contributed by atoms with van der Waals surface area (Å²) in [4.78, 5) is 0. The van der Waals surface area contributed by atoms with Crippen LogP contribution in [0.1, 0.15) is 17.4 Å². The average Bonchev–Trinajstić information content (AvgIpc) is 2.76. The van der Waals surface area contributed by atoms with Gasteiger partial charge < -0.3 is 14.9 Å². The van der Waals surface area contributed by atoms with Crippen LogP contribution in [0.25, 0.3) is 0 Å². The lowest BCUT2D eigenvalue weighted by atomic mass is 10.0. The molecular weight excluding hydrogens is 282 g/mol. The van der Waals surface area contributed by atoms with Crippen LogP contribution in [0.2, 0.25) is 0 Å². The molecule has 3 nitrogen and oxygen atoms in total. The summed E-state index contributed by atoms with van der Waals surface area (Å²) in [7, 11) is 1.65. The van der Waals surface area contributed by atoms with Gasteiger partial charge in [-0.15, -0.1) is 0 Å². The number of methoxy groups -OCH3 is 1. The fourth-order valence-electron chi connectivity index (χ4n) is 1.72. The molecule has 1 unspecified atom stereocenters. The van der Waals surface area contributed by atoms with Crippen LogP contribution in [0.15, 0.2) is 45.5 Å². The number of furan rings is 1. The Balaban J connectivity index is 2.13. The highest BCUT2D eigenvalue weighted by Gasteiger charge is 2.14. The minimum absolute atomic E-state index is 0.161. The molecule has 0 aliphatic rings. The van der Waals surface area contributed by atoms with E-state index in [0.717, 1.165) is 21.5 Å². The number of hydrogen-bond donors (Lipinski definition) is 1. The molecule has 2 rings (SSSR count). The highest BCUT2D eigenvalue weighted by atomic mass is 79.9. The number of halogens is 1. The third kappa shape index (κ3) is 2.90. The Bertz CT molecular complexity index is 496. The first-order valence-corrected chi connectivity index (χ1v) is 6.11. The smallest absolute Gasteiger partial charge is 0.134 e. The van der Waals surface area contributed by atoms with Crippen molar-refractivity contribution >= 4 is 15.9 Å². The average molecular weight is 296 g/mol. The number of nitrogens with two attached hydrogens (primary N) is 1. The van der Waals surface area contributed by atoms with Crippen molar-refractivity contribution in [2.24, 2.45) is 5.73 Å². The first-order valence-electron chi connectivity index (χ1n) is 5.32. The van der Waals surface area contributed by atoms with Gasteiger partial charge in [0.2, 0.25) is 0 Å². The Morgan fingerprint density at radius 3 is 2.88 bits per heavy atom. The lowest BCUT2D eigenvalue weighted by Gasteiger charge is -2.10. The van der Waals surface area contributed by atoms with Crippen LogP contribution in [-0.4, -0.2) is 7.11 Å². The van der Waals surface area contributed by atoms with Crippen LogP contribution >= 0.6 is 15.9 Å². The van der Waals surface area contributed by atoms with Gasteiger partial charge in [-0.2, -0.15) is 0 Å². The van der Waals surface area contributed by atoms with E-state index in [1.54, 1.807) is 13.4 Å². The normalized spacial score (nSPS) is 12.4. The van der Waals surface area contributed by atoms with Crippen LogP contribution in [0, 0.1) is 0 Å². The molecule has 0 saturated carbocycles. The summed E-state index contributed by atoms with van der Waals surface area (Å²) in [6.45, 7) is 0. The summed E-state index contributed by atoms with van der Waals surface area (Å²) in [5.41, 5.74) is 7.22. The first kappa shape index (κ1) is 12.2. The van der Waals surface area contributed by atoms with Crippen molar-refractivity contribution in [2.75, 3.05) is 7.11 Å². The van der Waals surface area contributed by atoms with E-state index >= 15 is 0 Å². The second-order valence-electron chi connectivity index (χ2n) is 3.79. The van der Waals surface area contributed by atoms with Gasteiger partial charge in [0.05, 0.1) is 23.9 Å². The van der Waals surface area contributed by atoms with Crippen LogP contribution in [0.4, 0.5) is 0 Å². The SMILES string of the molecule is COc1cccc(CC(N)c2occc2Br)c1. The second-order valence-corrected chi connectivity index (χ2v) is 4.65. The van der Waals surface area contributed by atoms with Crippen LogP contribution in [0.3, 0.4) is 0 Å². The predicted octanol–water partition coefficient (Wildman–Crippen LogP) is 3.29. The summed E-state index contributed by atoms with van der Waals surface area (Å²) in [6.07, 6.45) is 2.34. The molecule has 2 N–H and O–H groups in total. The topological polar surface area (TPSA) is 48.4 Å². The van der Waals surface area contributed by atoms with Gasteiger partial charge in [0.1, 0.15) is 11.5 Å². The molecule has 2 aromatic rings. The molecule has 17 heavy (non-hydrogen) atoms. The lowest BCUT2D eigenvalue weighted by Crippen LogP contribution is -2.13. The van der Waals surface area contributed by atoms with Crippen molar-refractivity contribution in [1.82, 2.24) is 0 Å². The molecule has 0 saturated heterocycles. The molecule has 1 aromatic heterocycles. The van der Waals surface area contributed by atoms with E-state index in [2.05, 4.69) is 15.9 Å². The Morgan fingerprint density at radius 1 is 1.41 bits per heavy atom. The van der Waals surface area contributed by atoms with E-state index in [1.165, 1.54) is 0 Å². The fourth-order valence-corrected chi connectivity index (χ4v) is 2.21. The zero-order valence-electron chi connectivity index (χ0n) is 9.52. The van der Waals surface area contributed by atoms with Gasteiger partial charge in [-0.1, -0.05) is 12.1 Å². The maximum absolute atomic E-state index is 6.10. The van der Waals surface area contributed by atoms with Gasteiger partial charge in [-0.05, 0) is 46.1 Å². The Labute approximate surface area is 109 Å². The molecule has 0 aliphatic carbocycles. The standard InChI is InChI=1S/C13H14BrNO2/c1-16-10-4-2-3-9(7-10)8-12(15)13-11(14)5-6-17-13/h2-7,12H,8,15H2,1H3. The van der Waals surface area contributed by atoms with Crippen molar-refractivity contribution in [3.8, 4) is 5.75 Å². The number of rotatable bonds is 4. The van der Waals surface area contributed by atoms with Crippen LogP contribution in [-0.2, 0) is 6.42 Å². The third-order valence-electron chi connectivity index (χ3n) is 2.57. The molecular formula is C13H14BrNO2. The van der Waals surface area contributed by atoms with Gasteiger partial charge in [-0.3, -0.25) is 0 Å². The van der Waals surface area contributed by atoms with E-state index in [9.17, 15) is 0 Å². The van der Waals surface area contributed by atoms with Gasteiger partial charge >= 0.3 is 0 Å². The number of ether oxygens (including phenoxy) is 1. The molecule has 0 bridgehead atoms. The van der Waals surface area contributed by atoms with E-state index < -0.39 is 0 Å². The first-order chi connectivity index (χ1) is 8.20. The molecule has 0 amide bonds. The third-order valence-corrected chi connectivity index (χ3v) is 3.23. The van der Waals surface area contributed by atoms with E-state index in [0.29, 0.717) is 6.42 Å². The molecule has 0 aliphatic heterocycles. The summed E-state index contributed by atoms with van der Waals surface area (Å²) in [6, 6.07) is 9.57. The Hall–Kier alpha value is -1.26. The largest absolute Gasteiger partial charge is 0.497 e. The summed E-state index contributed by atoms with van der Waals surface area (Å²) in [5.74, 6) is 1.61. The monoisotopic (exact) mass is 295 g/mol. The molecule has 1 atom stereocenters. The minimum atomic E-state index is -0.161. The maximum atomic E-state index is 6.10. The van der Waals surface area contributed by atoms with Crippen molar-refractivity contribution in [1.29, 1.82) is 0 Å². The van der Waals surface area contributed by atoms with Crippen molar-refractivity contribution in [3.63, 3.8) is 0 Å². The maximum Gasteiger partial charge on any atom is 0.134 e.